The van der Waals surface area contributed by atoms with Crippen LogP contribution < -0.4 is 5.73 Å². The van der Waals surface area contributed by atoms with Gasteiger partial charge in [0, 0.05) is 18.6 Å². The molecule has 1 aliphatic heterocycles. The largest absolute Gasteiger partial charge is 0.378 e. The van der Waals surface area contributed by atoms with Gasteiger partial charge in [-0.05, 0) is 25.7 Å². The van der Waals surface area contributed by atoms with Crippen molar-refractivity contribution in [2.75, 3.05) is 13.2 Å². The van der Waals surface area contributed by atoms with Crippen LogP contribution in [0.5, 0.6) is 0 Å². The zero-order valence-electron chi connectivity index (χ0n) is 9.88. The van der Waals surface area contributed by atoms with Crippen molar-refractivity contribution in [3.8, 4) is 0 Å². The van der Waals surface area contributed by atoms with Gasteiger partial charge in [-0.15, -0.1) is 0 Å². The molecule has 0 spiro atoms. The Morgan fingerprint density at radius 1 is 1.50 bits per heavy atom. The lowest BCUT2D eigenvalue weighted by Gasteiger charge is -2.31. The number of nitrogens with two attached hydrogens (primary N) is 1. The van der Waals surface area contributed by atoms with Crippen LogP contribution in [0.4, 0.5) is 0 Å². The van der Waals surface area contributed by atoms with Crippen molar-refractivity contribution in [1.29, 1.82) is 0 Å². The molecule has 0 aromatic rings. The highest BCUT2D eigenvalue weighted by molar-refractivity contribution is 4.90. The van der Waals surface area contributed by atoms with E-state index in [1.165, 1.54) is 19.3 Å². The molecule has 0 aromatic heterocycles. The van der Waals surface area contributed by atoms with Crippen molar-refractivity contribution in [3.63, 3.8) is 0 Å². The summed E-state index contributed by atoms with van der Waals surface area (Å²) in [7, 11) is 0. The second-order valence-electron chi connectivity index (χ2n) is 5.12. The summed E-state index contributed by atoms with van der Waals surface area (Å²) in [6, 6.07) is 0. The monoisotopic (exact) mass is 199 g/mol. The number of hydrogen-bond donors (Lipinski definition) is 1. The van der Waals surface area contributed by atoms with E-state index in [9.17, 15) is 0 Å². The Labute approximate surface area is 88.2 Å². The molecule has 0 amide bonds. The molecule has 1 rings (SSSR count). The first-order chi connectivity index (χ1) is 6.60. The van der Waals surface area contributed by atoms with E-state index in [1.807, 2.05) is 0 Å². The van der Waals surface area contributed by atoms with Gasteiger partial charge in [-0.2, -0.15) is 0 Å². The average Bonchev–Trinajstić information content (AvgIpc) is 2.48. The third-order valence-electron chi connectivity index (χ3n) is 3.69. The second kappa shape index (κ2) is 5.13. The van der Waals surface area contributed by atoms with Gasteiger partial charge in [0.05, 0.1) is 6.10 Å². The molecule has 1 aliphatic rings. The van der Waals surface area contributed by atoms with Gasteiger partial charge in [0.1, 0.15) is 0 Å². The Morgan fingerprint density at radius 3 is 2.64 bits per heavy atom. The Balaban J connectivity index is 2.37. The molecular weight excluding hydrogens is 174 g/mol. The van der Waals surface area contributed by atoms with Crippen molar-refractivity contribution in [2.45, 2.75) is 52.6 Å². The molecule has 14 heavy (non-hydrogen) atoms. The van der Waals surface area contributed by atoms with E-state index in [-0.39, 0.29) is 5.41 Å². The zero-order valence-corrected chi connectivity index (χ0v) is 9.88. The van der Waals surface area contributed by atoms with Gasteiger partial charge in [-0.25, -0.2) is 0 Å². The highest BCUT2D eigenvalue weighted by Gasteiger charge is 2.39. The third-order valence-corrected chi connectivity index (χ3v) is 3.69. The molecular formula is C12H25NO. The standard InChI is InChI=1S/C12H25NO/c1-10(2)5-4-6-12(9-13)7-8-14-11(12)3/h10-11H,4-9,13H2,1-3H3. The summed E-state index contributed by atoms with van der Waals surface area (Å²) in [5, 5.41) is 0. The molecule has 0 aliphatic carbocycles. The summed E-state index contributed by atoms with van der Waals surface area (Å²) in [4.78, 5) is 0. The van der Waals surface area contributed by atoms with Crippen molar-refractivity contribution >= 4 is 0 Å². The van der Waals surface area contributed by atoms with Gasteiger partial charge in [-0.3, -0.25) is 0 Å². The molecule has 0 bridgehead atoms. The lowest BCUT2D eigenvalue weighted by atomic mass is 9.77. The zero-order chi connectivity index (χ0) is 10.6. The molecule has 1 saturated heterocycles. The summed E-state index contributed by atoms with van der Waals surface area (Å²) >= 11 is 0. The van der Waals surface area contributed by atoms with Crippen LogP contribution in [0.2, 0.25) is 0 Å². The fraction of sp³-hybridized carbons (Fsp3) is 1.00. The molecule has 1 heterocycles. The van der Waals surface area contributed by atoms with Crippen molar-refractivity contribution in [1.82, 2.24) is 0 Å². The maximum Gasteiger partial charge on any atom is 0.0616 e. The maximum atomic E-state index is 5.90. The van der Waals surface area contributed by atoms with Gasteiger partial charge >= 0.3 is 0 Å². The summed E-state index contributed by atoms with van der Waals surface area (Å²) < 4.78 is 5.64. The van der Waals surface area contributed by atoms with Crippen LogP contribution in [0.3, 0.4) is 0 Å². The van der Waals surface area contributed by atoms with E-state index in [0.717, 1.165) is 25.5 Å². The van der Waals surface area contributed by atoms with Crippen LogP contribution in [-0.4, -0.2) is 19.3 Å². The minimum Gasteiger partial charge on any atom is -0.378 e. The third kappa shape index (κ3) is 2.71. The molecule has 2 heteroatoms. The van der Waals surface area contributed by atoms with E-state index < -0.39 is 0 Å². The van der Waals surface area contributed by atoms with Crippen LogP contribution in [0.15, 0.2) is 0 Å². The topological polar surface area (TPSA) is 35.2 Å². The minimum absolute atomic E-state index is 0.287. The van der Waals surface area contributed by atoms with Crippen molar-refractivity contribution in [3.05, 3.63) is 0 Å². The van der Waals surface area contributed by atoms with Gasteiger partial charge in [0.15, 0.2) is 0 Å². The normalized spacial score (nSPS) is 32.8. The average molecular weight is 199 g/mol. The van der Waals surface area contributed by atoms with Crippen LogP contribution in [0, 0.1) is 11.3 Å². The molecule has 0 radical (unpaired) electrons. The van der Waals surface area contributed by atoms with E-state index in [4.69, 9.17) is 10.5 Å². The predicted molar refractivity (Wildman–Crippen MR) is 60.2 cm³/mol. The number of ether oxygens (including phenoxy) is 1. The lowest BCUT2D eigenvalue weighted by Crippen LogP contribution is -2.36. The summed E-state index contributed by atoms with van der Waals surface area (Å²) in [6.45, 7) is 8.43. The van der Waals surface area contributed by atoms with Gasteiger partial charge in [-0.1, -0.05) is 26.7 Å². The van der Waals surface area contributed by atoms with Gasteiger partial charge < -0.3 is 10.5 Å². The van der Waals surface area contributed by atoms with E-state index in [0.29, 0.717) is 6.10 Å². The first-order valence-corrected chi connectivity index (χ1v) is 5.92. The maximum absolute atomic E-state index is 5.90. The summed E-state index contributed by atoms with van der Waals surface area (Å²) in [5.74, 6) is 0.808. The van der Waals surface area contributed by atoms with Crippen LogP contribution in [0.25, 0.3) is 0 Å². The second-order valence-corrected chi connectivity index (χ2v) is 5.12. The Kier molecular flexibility index (Phi) is 4.39. The summed E-state index contributed by atoms with van der Waals surface area (Å²) in [5.41, 5.74) is 6.18. The Hall–Kier alpha value is -0.0800. The SMILES string of the molecule is CC(C)CCCC1(CN)CCOC1C. The first kappa shape index (κ1) is 12.0. The van der Waals surface area contributed by atoms with E-state index in [2.05, 4.69) is 20.8 Å². The molecule has 84 valence electrons. The van der Waals surface area contributed by atoms with Gasteiger partial charge in [0.2, 0.25) is 0 Å². The highest BCUT2D eigenvalue weighted by atomic mass is 16.5. The van der Waals surface area contributed by atoms with Crippen LogP contribution in [0.1, 0.15) is 46.5 Å². The highest BCUT2D eigenvalue weighted by Crippen LogP contribution is 2.38. The molecule has 2 unspecified atom stereocenters. The van der Waals surface area contributed by atoms with E-state index >= 15 is 0 Å². The van der Waals surface area contributed by atoms with Crippen LogP contribution >= 0.6 is 0 Å². The Morgan fingerprint density at radius 2 is 2.21 bits per heavy atom. The molecule has 2 N–H and O–H groups in total. The lowest BCUT2D eigenvalue weighted by molar-refractivity contribution is 0.0612. The van der Waals surface area contributed by atoms with Crippen molar-refractivity contribution in [2.24, 2.45) is 17.1 Å². The van der Waals surface area contributed by atoms with Gasteiger partial charge in [0.25, 0.3) is 0 Å². The first-order valence-electron chi connectivity index (χ1n) is 5.92. The molecule has 1 fully saturated rings. The molecule has 2 atom stereocenters. The molecule has 0 saturated carbocycles. The Bertz CT molecular complexity index is 170. The molecule has 0 aromatic carbocycles. The minimum atomic E-state index is 0.287. The predicted octanol–water partition coefficient (Wildman–Crippen LogP) is 2.57. The smallest absolute Gasteiger partial charge is 0.0616 e. The quantitative estimate of drug-likeness (QED) is 0.738. The van der Waals surface area contributed by atoms with Crippen molar-refractivity contribution < 1.29 is 4.74 Å². The number of hydrogen-bond acceptors (Lipinski definition) is 2. The summed E-state index contributed by atoms with van der Waals surface area (Å²) in [6.07, 6.45) is 5.36. The van der Waals surface area contributed by atoms with E-state index in [1.54, 1.807) is 0 Å². The number of rotatable bonds is 5. The fourth-order valence-electron chi connectivity index (χ4n) is 2.38. The molecule has 2 nitrogen and oxygen atoms in total. The fourth-order valence-corrected chi connectivity index (χ4v) is 2.38. The van der Waals surface area contributed by atoms with Crippen LogP contribution in [-0.2, 0) is 4.74 Å².